The molecule has 1 aliphatic carbocycles. The van der Waals surface area contributed by atoms with Crippen molar-refractivity contribution in [3.8, 4) is 16.9 Å². The third-order valence-corrected chi connectivity index (χ3v) is 6.80. The van der Waals surface area contributed by atoms with Crippen molar-refractivity contribution < 1.29 is 36.2 Å². The first-order valence-corrected chi connectivity index (χ1v) is 12.1. The minimum atomic E-state index is -1.34. The van der Waals surface area contributed by atoms with Crippen LogP contribution in [0.15, 0.2) is 42.5 Å². The molecule has 0 saturated heterocycles. The SMILES string of the molecule is CCOc1ccc(-c2ccc(C3CC=C(c4ccc(C(O)CC)c(F)c4F)CC3)c(F)c2F)c(F)c1F. The maximum atomic E-state index is 15.1. The van der Waals surface area contributed by atoms with Crippen molar-refractivity contribution in [3.63, 3.8) is 0 Å². The molecule has 0 radical (unpaired) electrons. The van der Waals surface area contributed by atoms with Gasteiger partial charge in [-0.1, -0.05) is 37.3 Å². The first kappa shape index (κ1) is 26.8. The standard InChI is InChI=1S/C29H26F6O2/c1-3-22(36)21-12-10-18(25(31)28(21)34)16-7-5-15(6-8-16)17-9-11-19(26(32)24(17)30)20-13-14-23(37-4-2)29(35)27(20)33/h7,9-15,22,36H,3-6,8H2,1-2H3. The van der Waals surface area contributed by atoms with Gasteiger partial charge in [0, 0.05) is 22.3 Å². The predicted octanol–water partition coefficient (Wildman–Crippen LogP) is 8.38. The molecule has 2 nitrogen and oxygen atoms in total. The summed E-state index contributed by atoms with van der Waals surface area (Å²) in [6, 6.07) is 7.61. The van der Waals surface area contributed by atoms with E-state index in [2.05, 4.69) is 0 Å². The highest BCUT2D eigenvalue weighted by molar-refractivity contribution is 5.69. The molecule has 3 aromatic carbocycles. The second kappa shape index (κ2) is 11.0. The molecule has 37 heavy (non-hydrogen) atoms. The monoisotopic (exact) mass is 520 g/mol. The van der Waals surface area contributed by atoms with E-state index < -0.39 is 58.1 Å². The molecular weight excluding hydrogens is 494 g/mol. The zero-order valence-electron chi connectivity index (χ0n) is 20.4. The molecule has 0 bridgehead atoms. The Balaban J connectivity index is 1.59. The van der Waals surface area contributed by atoms with Gasteiger partial charge >= 0.3 is 0 Å². The number of rotatable bonds is 7. The number of benzene rings is 3. The van der Waals surface area contributed by atoms with Crippen LogP contribution in [0.2, 0.25) is 0 Å². The summed E-state index contributed by atoms with van der Waals surface area (Å²) in [6.45, 7) is 3.37. The number of halogens is 6. The van der Waals surface area contributed by atoms with Gasteiger partial charge in [0.15, 0.2) is 34.8 Å². The Labute approximate surface area is 211 Å². The van der Waals surface area contributed by atoms with Crippen LogP contribution in [0.5, 0.6) is 5.75 Å². The van der Waals surface area contributed by atoms with E-state index in [-0.39, 0.29) is 48.3 Å². The number of ether oxygens (including phenoxy) is 1. The van der Waals surface area contributed by atoms with Crippen molar-refractivity contribution in [2.75, 3.05) is 6.61 Å². The Hall–Kier alpha value is -3.26. The lowest BCUT2D eigenvalue weighted by Crippen LogP contribution is -2.10. The summed E-state index contributed by atoms with van der Waals surface area (Å²) in [5.74, 6) is -8.00. The Bertz CT molecular complexity index is 1350. The topological polar surface area (TPSA) is 29.5 Å². The van der Waals surface area contributed by atoms with E-state index in [1.54, 1.807) is 19.9 Å². The third kappa shape index (κ3) is 4.99. The molecule has 2 atom stereocenters. The van der Waals surface area contributed by atoms with Crippen molar-refractivity contribution in [3.05, 3.63) is 94.1 Å². The van der Waals surface area contributed by atoms with Crippen molar-refractivity contribution in [1.29, 1.82) is 0 Å². The molecule has 0 heterocycles. The van der Waals surface area contributed by atoms with Crippen LogP contribution in [0.25, 0.3) is 16.7 Å². The van der Waals surface area contributed by atoms with Crippen molar-refractivity contribution in [1.82, 2.24) is 0 Å². The van der Waals surface area contributed by atoms with E-state index in [9.17, 15) is 22.7 Å². The normalized spacial score (nSPS) is 16.5. The van der Waals surface area contributed by atoms with Crippen LogP contribution < -0.4 is 4.74 Å². The van der Waals surface area contributed by atoms with Crippen LogP contribution in [-0.2, 0) is 0 Å². The van der Waals surface area contributed by atoms with Gasteiger partial charge in [-0.3, -0.25) is 0 Å². The smallest absolute Gasteiger partial charge is 0.201 e. The number of aliphatic hydroxyl groups is 1. The zero-order chi connectivity index (χ0) is 26.9. The Kier molecular flexibility index (Phi) is 7.97. The summed E-state index contributed by atoms with van der Waals surface area (Å²) in [6.07, 6.45) is 1.67. The van der Waals surface area contributed by atoms with Crippen molar-refractivity contribution >= 4 is 5.57 Å². The largest absolute Gasteiger partial charge is 0.491 e. The fraction of sp³-hybridized carbons (Fsp3) is 0.310. The van der Waals surface area contributed by atoms with Crippen molar-refractivity contribution in [2.45, 2.75) is 51.6 Å². The minimum absolute atomic E-state index is 0.0661. The molecule has 0 spiro atoms. The summed E-state index contributed by atoms with van der Waals surface area (Å²) < 4.78 is 93.1. The van der Waals surface area contributed by atoms with E-state index in [4.69, 9.17) is 4.74 Å². The Morgan fingerprint density at radius 3 is 2.03 bits per heavy atom. The predicted molar refractivity (Wildman–Crippen MR) is 129 cm³/mol. The summed E-state index contributed by atoms with van der Waals surface area (Å²) in [4.78, 5) is 0. The van der Waals surface area contributed by atoms with Gasteiger partial charge in [-0.15, -0.1) is 0 Å². The second-order valence-corrected chi connectivity index (χ2v) is 8.96. The van der Waals surface area contributed by atoms with E-state index >= 15 is 8.78 Å². The number of allylic oxidation sites excluding steroid dienone is 2. The van der Waals surface area contributed by atoms with Crippen LogP contribution >= 0.6 is 0 Å². The molecule has 1 aliphatic rings. The van der Waals surface area contributed by atoms with Crippen molar-refractivity contribution in [2.24, 2.45) is 0 Å². The molecule has 196 valence electrons. The van der Waals surface area contributed by atoms with Crippen LogP contribution in [0, 0.1) is 34.9 Å². The molecule has 0 saturated carbocycles. The zero-order valence-corrected chi connectivity index (χ0v) is 20.4. The fourth-order valence-corrected chi connectivity index (χ4v) is 4.75. The quantitative estimate of drug-likeness (QED) is 0.317. The van der Waals surface area contributed by atoms with Gasteiger partial charge < -0.3 is 9.84 Å². The van der Waals surface area contributed by atoms with Gasteiger partial charge in [0.05, 0.1) is 12.7 Å². The molecule has 2 unspecified atom stereocenters. The number of hydrogen-bond donors (Lipinski definition) is 1. The minimum Gasteiger partial charge on any atom is -0.491 e. The molecule has 1 N–H and O–H groups in total. The molecule has 0 amide bonds. The highest BCUT2D eigenvalue weighted by Crippen LogP contribution is 2.41. The highest BCUT2D eigenvalue weighted by Gasteiger charge is 2.27. The molecule has 0 aliphatic heterocycles. The van der Waals surface area contributed by atoms with Crippen LogP contribution in [0.3, 0.4) is 0 Å². The van der Waals surface area contributed by atoms with Gasteiger partial charge in [-0.25, -0.2) is 22.0 Å². The maximum absolute atomic E-state index is 15.1. The van der Waals surface area contributed by atoms with Crippen LogP contribution in [0.4, 0.5) is 26.3 Å². The van der Waals surface area contributed by atoms with E-state index in [1.807, 2.05) is 0 Å². The lowest BCUT2D eigenvalue weighted by atomic mass is 9.81. The second-order valence-electron chi connectivity index (χ2n) is 8.96. The van der Waals surface area contributed by atoms with Crippen LogP contribution in [0.1, 0.15) is 68.2 Å². The van der Waals surface area contributed by atoms with Crippen LogP contribution in [-0.4, -0.2) is 11.7 Å². The van der Waals surface area contributed by atoms with E-state index in [0.717, 1.165) is 12.1 Å². The summed E-state index contributed by atoms with van der Waals surface area (Å²) in [5, 5.41) is 9.87. The van der Waals surface area contributed by atoms with Gasteiger partial charge in [-0.2, -0.15) is 4.39 Å². The Morgan fingerprint density at radius 2 is 1.41 bits per heavy atom. The molecule has 3 aromatic rings. The van der Waals surface area contributed by atoms with Gasteiger partial charge in [-0.05, 0) is 61.8 Å². The summed E-state index contributed by atoms with van der Waals surface area (Å²) in [5.41, 5.74) is -0.285. The molecule has 0 aromatic heterocycles. The molecular formula is C29H26F6O2. The number of aliphatic hydroxyl groups excluding tert-OH is 1. The summed E-state index contributed by atoms with van der Waals surface area (Å²) in [7, 11) is 0. The molecule has 8 heteroatoms. The third-order valence-electron chi connectivity index (χ3n) is 6.80. The average Bonchev–Trinajstić information content (AvgIpc) is 2.90. The maximum Gasteiger partial charge on any atom is 0.201 e. The lowest BCUT2D eigenvalue weighted by Gasteiger charge is -2.24. The summed E-state index contributed by atoms with van der Waals surface area (Å²) >= 11 is 0. The number of hydrogen-bond acceptors (Lipinski definition) is 2. The molecule has 0 fully saturated rings. The first-order valence-electron chi connectivity index (χ1n) is 12.1. The van der Waals surface area contributed by atoms with E-state index in [1.165, 1.54) is 24.3 Å². The molecule has 4 rings (SSSR count). The van der Waals surface area contributed by atoms with E-state index in [0.29, 0.717) is 12.0 Å². The van der Waals surface area contributed by atoms with Gasteiger partial charge in [0.2, 0.25) is 5.82 Å². The average molecular weight is 521 g/mol. The van der Waals surface area contributed by atoms with Gasteiger partial charge in [0.1, 0.15) is 0 Å². The highest BCUT2D eigenvalue weighted by atomic mass is 19.2. The Morgan fingerprint density at radius 1 is 0.784 bits per heavy atom. The lowest BCUT2D eigenvalue weighted by molar-refractivity contribution is 0.167. The first-order chi connectivity index (χ1) is 17.7. The fourth-order valence-electron chi connectivity index (χ4n) is 4.75. The van der Waals surface area contributed by atoms with Gasteiger partial charge in [0.25, 0.3) is 0 Å².